The Morgan fingerprint density at radius 3 is 2.44 bits per heavy atom. The van der Waals surface area contributed by atoms with Crippen LogP contribution in [-0.2, 0) is 16.0 Å². The van der Waals surface area contributed by atoms with Crippen molar-refractivity contribution in [2.24, 2.45) is 11.7 Å². The molecular weight excluding hydrogens is 352 g/mol. The van der Waals surface area contributed by atoms with E-state index in [0.717, 1.165) is 0 Å². The molecule has 0 aliphatic heterocycles. The molecule has 1 aromatic heterocycles. The third kappa shape index (κ3) is 5.61. The summed E-state index contributed by atoms with van der Waals surface area (Å²) >= 11 is 0. The number of aromatic amines is 1. The first kappa shape index (κ1) is 20.0. The van der Waals surface area contributed by atoms with Crippen molar-refractivity contribution < 1.29 is 14.5 Å². The smallest absolute Gasteiger partial charge is 0.269 e. The van der Waals surface area contributed by atoms with Gasteiger partial charge in [0.1, 0.15) is 6.04 Å². The molecule has 2 aromatic rings. The third-order valence-electron chi connectivity index (χ3n) is 3.98. The Bertz CT molecular complexity index is 788. The predicted molar refractivity (Wildman–Crippen MR) is 98.8 cm³/mol. The maximum absolute atomic E-state index is 12.7. The van der Waals surface area contributed by atoms with E-state index >= 15 is 0 Å². The Hall–Kier alpha value is -3.27. The molecule has 1 aromatic carbocycles. The van der Waals surface area contributed by atoms with Gasteiger partial charge in [0, 0.05) is 36.1 Å². The predicted octanol–water partition coefficient (Wildman–Crippen LogP) is 0.967. The topological polar surface area (TPSA) is 156 Å². The highest BCUT2D eigenvalue weighted by atomic mass is 16.6. The fourth-order valence-electron chi connectivity index (χ4n) is 2.29. The lowest BCUT2D eigenvalue weighted by atomic mass is 10.0. The second kappa shape index (κ2) is 8.90. The summed E-state index contributed by atoms with van der Waals surface area (Å²) in [5, 5.41) is 16.0. The van der Waals surface area contributed by atoms with Gasteiger partial charge in [0.05, 0.1) is 17.3 Å². The second-order valence-electron chi connectivity index (χ2n) is 6.41. The molecule has 10 heteroatoms. The number of H-pyrrole nitrogens is 1. The first-order chi connectivity index (χ1) is 12.8. The van der Waals surface area contributed by atoms with Gasteiger partial charge in [-0.3, -0.25) is 19.7 Å². The summed E-state index contributed by atoms with van der Waals surface area (Å²) in [5.41, 5.74) is 6.81. The number of nitro groups is 1. The number of rotatable bonds is 8. The van der Waals surface area contributed by atoms with E-state index in [2.05, 4.69) is 20.6 Å². The molecule has 0 saturated carbocycles. The summed E-state index contributed by atoms with van der Waals surface area (Å²) in [5.74, 6) is -0.994. The van der Waals surface area contributed by atoms with E-state index in [9.17, 15) is 19.7 Å². The minimum atomic E-state index is -0.891. The maximum Gasteiger partial charge on any atom is 0.269 e. The van der Waals surface area contributed by atoms with Gasteiger partial charge in [0.25, 0.3) is 5.69 Å². The summed E-state index contributed by atoms with van der Waals surface area (Å²) in [7, 11) is 0. The van der Waals surface area contributed by atoms with Gasteiger partial charge in [-0.05, 0) is 18.1 Å². The summed E-state index contributed by atoms with van der Waals surface area (Å²) in [6, 6.07) is 3.77. The monoisotopic (exact) mass is 374 g/mol. The van der Waals surface area contributed by atoms with Gasteiger partial charge in [-0.1, -0.05) is 13.8 Å². The van der Waals surface area contributed by atoms with Crippen molar-refractivity contribution in [1.29, 1.82) is 0 Å². The van der Waals surface area contributed by atoms with E-state index < -0.39 is 28.8 Å². The van der Waals surface area contributed by atoms with Crippen LogP contribution in [0.3, 0.4) is 0 Å². The molecule has 2 unspecified atom stereocenters. The van der Waals surface area contributed by atoms with Crippen LogP contribution in [-0.4, -0.2) is 38.8 Å². The van der Waals surface area contributed by atoms with Crippen LogP contribution in [0.2, 0.25) is 0 Å². The molecule has 0 spiro atoms. The van der Waals surface area contributed by atoms with Gasteiger partial charge < -0.3 is 21.4 Å². The zero-order valence-corrected chi connectivity index (χ0v) is 15.0. The van der Waals surface area contributed by atoms with Crippen molar-refractivity contribution in [2.75, 3.05) is 5.32 Å². The van der Waals surface area contributed by atoms with E-state index in [4.69, 9.17) is 5.73 Å². The molecule has 2 rings (SSSR count). The molecule has 0 bridgehead atoms. The largest absolute Gasteiger partial charge is 0.348 e. The van der Waals surface area contributed by atoms with Crippen LogP contribution in [0.1, 0.15) is 19.5 Å². The van der Waals surface area contributed by atoms with Crippen LogP contribution in [0.15, 0.2) is 36.8 Å². The molecule has 5 N–H and O–H groups in total. The lowest BCUT2D eigenvalue weighted by molar-refractivity contribution is -0.384. The highest BCUT2D eigenvalue weighted by Gasteiger charge is 2.26. The first-order valence-electron chi connectivity index (χ1n) is 8.36. The zero-order chi connectivity index (χ0) is 20.0. The number of imidazole rings is 1. The van der Waals surface area contributed by atoms with Crippen molar-refractivity contribution in [2.45, 2.75) is 32.4 Å². The molecule has 27 heavy (non-hydrogen) atoms. The molecular formula is C17H22N6O4. The van der Waals surface area contributed by atoms with Crippen molar-refractivity contribution in [1.82, 2.24) is 15.3 Å². The molecule has 0 aliphatic rings. The second-order valence-corrected chi connectivity index (χ2v) is 6.41. The highest BCUT2D eigenvalue weighted by Crippen LogP contribution is 2.16. The van der Waals surface area contributed by atoms with E-state index in [-0.39, 0.29) is 18.0 Å². The number of non-ortho nitro benzene ring substituents is 1. The molecule has 10 nitrogen and oxygen atoms in total. The molecule has 0 aliphatic carbocycles. The number of aromatic nitrogens is 2. The number of benzene rings is 1. The minimum Gasteiger partial charge on any atom is -0.348 e. The molecule has 0 saturated heterocycles. The van der Waals surface area contributed by atoms with Gasteiger partial charge in [0.2, 0.25) is 11.8 Å². The average molecular weight is 374 g/mol. The van der Waals surface area contributed by atoms with E-state index in [1.54, 1.807) is 6.20 Å². The van der Waals surface area contributed by atoms with Crippen molar-refractivity contribution in [3.63, 3.8) is 0 Å². The zero-order valence-electron chi connectivity index (χ0n) is 15.0. The standard InChI is InChI=1S/C17H22N6O4/c1-10(2)15(18)17(25)22-14(7-12-8-19-9-20-12)16(24)21-11-3-5-13(6-4-11)23(26)27/h3-6,8-10,14-15H,7,18H2,1-2H3,(H,19,20)(H,21,24)(H,22,25). The molecule has 0 fully saturated rings. The molecule has 144 valence electrons. The van der Waals surface area contributed by atoms with Crippen LogP contribution in [0.5, 0.6) is 0 Å². The van der Waals surface area contributed by atoms with E-state index in [0.29, 0.717) is 11.4 Å². The van der Waals surface area contributed by atoms with Crippen LogP contribution < -0.4 is 16.4 Å². The van der Waals surface area contributed by atoms with Crippen molar-refractivity contribution in [3.8, 4) is 0 Å². The first-order valence-corrected chi connectivity index (χ1v) is 8.36. The van der Waals surface area contributed by atoms with E-state index in [1.165, 1.54) is 30.6 Å². The Labute approximate surface area is 155 Å². The van der Waals surface area contributed by atoms with Crippen LogP contribution >= 0.6 is 0 Å². The van der Waals surface area contributed by atoms with Gasteiger partial charge in [-0.2, -0.15) is 0 Å². The number of nitrogens with one attached hydrogen (secondary N) is 3. The van der Waals surface area contributed by atoms with Gasteiger partial charge >= 0.3 is 0 Å². The summed E-state index contributed by atoms with van der Waals surface area (Å²) in [6.45, 7) is 3.62. The fourth-order valence-corrected chi connectivity index (χ4v) is 2.29. The molecule has 1 heterocycles. The van der Waals surface area contributed by atoms with Gasteiger partial charge in [-0.15, -0.1) is 0 Å². The SMILES string of the molecule is CC(C)C(N)C(=O)NC(Cc1cnc[nH]1)C(=O)Nc1ccc([N+](=O)[O-])cc1. The number of nitrogens with two attached hydrogens (primary N) is 1. The normalized spacial score (nSPS) is 13.0. The molecule has 2 atom stereocenters. The number of hydrogen-bond acceptors (Lipinski definition) is 6. The number of nitro benzene ring substituents is 1. The van der Waals surface area contributed by atoms with Crippen molar-refractivity contribution >= 4 is 23.2 Å². The number of carbonyl (C=O) groups excluding carboxylic acids is 2. The lowest BCUT2D eigenvalue weighted by Crippen LogP contribution is -2.52. The number of nitrogens with zero attached hydrogens (tertiary/aromatic N) is 2. The number of amides is 2. The summed E-state index contributed by atoms with van der Waals surface area (Å²) in [4.78, 5) is 41.9. The Morgan fingerprint density at radius 2 is 1.93 bits per heavy atom. The lowest BCUT2D eigenvalue weighted by Gasteiger charge is -2.21. The van der Waals surface area contributed by atoms with Crippen LogP contribution in [0.4, 0.5) is 11.4 Å². The summed E-state index contributed by atoms with van der Waals surface area (Å²) in [6.07, 6.45) is 3.22. The Kier molecular flexibility index (Phi) is 6.61. The molecule has 2 amide bonds. The summed E-state index contributed by atoms with van der Waals surface area (Å²) < 4.78 is 0. The highest BCUT2D eigenvalue weighted by molar-refractivity contribution is 5.98. The van der Waals surface area contributed by atoms with Crippen molar-refractivity contribution in [3.05, 3.63) is 52.6 Å². The van der Waals surface area contributed by atoms with Gasteiger partial charge in [-0.25, -0.2) is 4.98 Å². The quantitative estimate of drug-likeness (QED) is 0.398. The minimum absolute atomic E-state index is 0.0850. The van der Waals surface area contributed by atoms with Crippen LogP contribution in [0.25, 0.3) is 0 Å². The van der Waals surface area contributed by atoms with Crippen LogP contribution in [0, 0.1) is 16.0 Å². The Balaban J connectivity index is 2.12. The van der Waals surface area contributed by atoms with E-state index in [1.807, 2.05) is 13.8 Å². The molecule has 0 radical (unpaired) electrons. The maximum atomic E-state index is 12.7. The number of anilines is 1. The fraction of sp³-hybridized carbons (Fsp3) is 0.353. The number of carbonyl (C=O) groups is 2. The Morgan fingerprint density at radius 1 is 1.26 bits per heavy atom. The van der Waals surface area contributed by atoms with Gasteiger partial charge in [0.15, 0.2) is 0 Å². The average Bonchev–Trinajstić information content (AvgIpc) is 3.13. The third-order valence-corrected chi connectivity index (χ3v) is 3.98. The number of hydrogen-bond donors (Lipinski definition) is 4.